The molecule has 0 radical (unpaired) electrons. The van der Waals surface area contributed by atoms with Crippen LogP contribution in [0.1, 0.15) is 45.0 Å². The molecule has 0 unspecified atom stereocenters. The second-order valence-electron chi connectivity index (χ2n) is 8.58. The van der Waals surface area contributed by atoms with E-state index in [1.54, 1.807) is 52.0 Å². The number of rotatable bonds is 8. The molecular weight excluding hydrogens is 475 g/mol. The highest BCUT2D eigenvalue weighted by atomic mass is 35.5. The van der Waals surface area contributed by atoms with Gasteiger partial charge in [-0.25, -0.2) is 4.79 Å². The van der Waals surface area contributed by atoms with Crippen molar-refractivity contribution in [3.8, 4) is 5.75 Å². The Morgan fingerprint density at radius 2 is 1.71 bits per heavy atom. The Morgan fingerprint density at radius 1 is 1.06 bits per heavy atom. The zero-order valence-electron chi connectivity index (χ0n) is 19.2. The van der Waals surface area contributed by atoms with Gasteiger partial charge in [-0.3, -0.25) is 9.78 Å². The molecule has 0 saturated heterocycles. The van der Waals surface area contributed by atoms with E-state index in [1.807, 2.05) is 0 Å². The van der Waals surface area contributed by atoms with Crippen LogP contribution in [0.2, 0.25) is 5.02 Å². The maximum Gasteiger partial charge on any atom is 0.422 e. The standard InChI is InChI=1S/C23H27ClF3N3O4/c1-14(18-10-9-17(12-28-18)33-13-23(25,26)27)29-20(31)19(30-21(32)34-22(2,3)4)11-15-5-7-16(24)8-6-15/h5-10,12,14,19H,11,13H2,1-4H3,(H,29,31)(H,30,32)/t14-,19+/m1/s1. The average Bonchev–Trinajstić information content (AvgIpc) is 2.71. The fourth-order valence-corrected chi connectivity index (χ4v) is 2.93. The number of hydrogen-bond donors (Lipinski definition) is 2. The summed E-state index contributed by atoms with van der Waals surface area (Å²) in [5, 5.41) is 5.87. The number of aromatic nitrogens is 1. The molecule has 0 fully saturated rings. The molecule has 2 N–H and O–H groups in total. The SMILES string of the molecule is C[C@@H](NC(=O)[C@H](Cc1ccc(Cl)cc1)NC(=O)OC(C)(C)C)c1ccc(OCC(F)(F)F)cn1. The van der Waals surface area contributed by atoms with Crippen LogP contribution in [0.5, 0.6) is 5.75 Å². The summed E-state index contributed by atoms with van der Waals surface area (Å²) in [5.74, 6) is -0.542. The number of carbonyl (C=O) groups is 2. The van der Waals surface area contributed by atoms with Gasteiger partial charge in [0.05, 0.1) is 17.9 Å². The topological polar surface area (TPSA) is 89.6 Å². The molecule has 186 valence electrons. The quantitative estimate of drug-likeness (QED) is 0.532. The van der Waals surface area contributed by atoms with Crippen LogP contribution in [-0.2, 0) is 16.0 Å². The van der Waals surface area contributed by atoms with Crippen LogP contribution in [-0.4, -0.2) is 41.4 Å². The molecule has 2 aromatic rings. The van der Waals surface area contributed by atoms with E-state index in [0.29, 0.717) is 10.7 Å². The van der Waals surface area contributed by atoms with Gasteiger partial charge in [0.15, 0.2) is 6.61 Å². The van der Waals surface area contributed by atoms with E-state index in [1.165, 1.54) is 12.1 Å². The lowest BCUT2D eigenvalue weighted by Gasteiger charge is -2.24. The van der Waals surface area contributed by atoms with E-state index >= 15 is 0 Å². The molecule has 0 spiro atoms. The minimum absolute atomic E-state index is 0.0493. The van der Waals surface area contributed by atoms with Gasteiger partial charge in [0.25, 0.3) is 0 Å². The van der Waals surface area contributed by atoms with Crippen LogP contribution < -0.4 is 15.4 Å². The Bertz CT molecular complexity index is 961. The van der Waals surface area contributed by atoms with Crippen LogP contribution in [0.3, 0.4) is 0 Å². The molecule has 0 aliphatic heterocycles. The first-order chi connectivity index (χ1) is 15.7. The summed E-state index contributed by atoms with van der Waals surface area (Å²) in [6.45, 7) is 5.34. The Morgan fingerprint density at radius 3 is 2.24 bits per heavy atom. The molecule has 2 rings (SSSR count). The van der Waals surface area contributed by atoms with Gasteiger partial charge in [-0.1, -0.05) is 23.7 Å². The Labute approximate surface area is 201 Å². The van der Waals surface area contributed by atoms with Gasteiger partial charge in [0.2, 0.25) is 5.91 Å². The van der Waals surface area contributed by atoms with Gasteiger partial charge in [0.1, 0.15) is 17.4 Å². The number of halogens is 4. The van der Waals surface area contributed by atoms with E-state index in [9.17, 15) is 22.8 Å². The summed E-state index contributed by atoms with van der Waals surface area (Å²) >= 11 is 5.92. The highest BCUT2D eigenvalue weighted by molar-refractivity contribution is 6.30. The summed E-state index contributed by atoms with van der Waals surface area (Å²) in [6, 6.07) is 8.05. The van der Waals surface area contributed by atoms with Crippen LogP contribution in [0.15, 0.2) is 42.6 Å². The molecule has 2 atom stereocenters. The van der Waals surface area contributed by atoms with Crippen molar-refractivity contribution in [2.75, 3.05) is 6.61 Å². The number of nitrogens with one attached hydrogen (secondary N) is 2. The monoisotopic (exact) mass is 501 g/mol. The lowest BCUT2D eigenvalue weighted by molar-refractivity contribution is -0.153. The maximum atomic E-state index is 13.0. The molecule has 0 bridgehead atoms. The number of alkyl halides is 3. The van der Waals surface area contributed by atoms with Gasteiger partial charge in [-0.15, -0.1) is 0 Å². The third-order valence-electron chi connectivity index (χ3n) is 4.32. The number of nitrogens with zero attached hydrogens (tertiary/aromatic N) is 1. The summed E-state index contributed by atoms with van der Waals surface area (Å²) in [5.41, 5.74) is 0.409. The van der Waals surface area contributed by atoms with Gasteiger partial charge in [-0.05, 0) is 57.5 Å². The van der Waals surface area contributed by atoms with Crippen LogP contribution in [0, 0.1) is 0 Å². The van der Waals surface area contributed by atoms with E-state index in [2.05, 4.69) is 20.4 Å². The maximum absolute atomic E-state index is 13.0. The normalized spacial score (nSPS) is 13.5. The summed E-state index contributed by atoms with van der Waals surface area (Å²) in [6.07, 6.45) is -3.89. The predicted molar refractivity (Wildman–Crippen MR) is 121 cm³/mol. The van der Waals surface area contributed by atoms with Gasteiger partial charge in [-0.2, -0.15) is 13.2 Å². The smallest absolute Gasteiger partial charge is 0.422 e. The largest absolute Gasteiger partial charge is 0.483 e. The molecule has 1 heterocycles. The van der Waals surface area contributed by atoms with Crippen molar-refractivity contribution >= 4 is 23.6 Å². The van der Waals surface area contributed by atoms with Gasteiger partial charge in [0, 0.05) is 11.4 Å². The van der Waals surface area contributed by atoms with Gasteiger partial charge >= 0.3 is 12.3 Å². The highest BCUT2D eigenvalue weighted by Crippen LogP contribution is 2.20. The van der Waals surface area contributed by atoms with Crippen molar-refractivity contribution in [3.05, 3.63) is 58.9 Å². The van der Waals surface area contributed by atoms with Crippen LogP contribution >= 0.6 is 11.6 Å². The molecule has 2 amide bonds. The molecule has 0 aliphatic rings. The number of hydrogen-bond acceptors (Lipinski definition) is 5. The molecule has 1 aromatic carbocycles. The van der Waals surface area contributed by atoms with Crippen molar-refractivity contribution in [1.82, 2.24) is 15.6 Å². The minimum atomic E-state index is -4.46. The molecule has 11 heteroatoms. The number of amides is 2. The Hall–Kier alpha value is -3.01. The first-order valence-corrected chi connectivity index (χ1v) is 10.8. The zero-order valence-corrected chi connectivity index (χ0v) is 20.0. The third kappa shape index (κ3) is 9.86. The first kappa shape index (κ1) is 27.2. The summed E-state index contributed by atoms with van der Waals surface area (Å²) in [4.78, 5) is 29.4. The van der Waals surface area contributed by atoms with E-state index < -0.39 is 42.5 Å². The highest BCUT2D eigenvalue weighted by Gasteiger charge is 2.29. The third-order valence-corrected chi connectivity index (χ3v) is 4.58. The van der Waals surface area contributed by atoms with Crippen LogP contribution in [0.25, 0.3) is 0 Å². The van der Waals surface area contributed by atoms with Crippen molar-refractivity contribution in [3.63, 3.8) is 0 Å². The van der Waals surface area contributed by atoms with Gasteiger partial charge < -0.3 is 20.1 Å². The molecule has 34 heavy (non-hydrogen) atoms. The number of alkyl carbamates (subject to hydrolysis) is 1. The summed E-state index contributed by atoms with van der Waals surface area (Å²) in [7, 11) is 0. The van der Waals surface area contributed by atoms with E-state index in [4.69, 9.17) is 16.3 Å². The van der Waals surface area contributed by atoms with Crippen LogP contribution in [0.4, 0.5) is 18.0 Å². The van der Waals surface area contributed by atoms with E-state index in [-0.39, 0.29) is 12.2 Å². The fourth-order valence-electron chi connectivity index (χ4n) is 2.80. The molecule has 1 aromatic heterocycles. The number of pyridine rings is 1. The number of carbonyl (C=O) groups excluding carboxylic acids is 2. The first-order valence-electron chi connectivity index (χ1n) is 10.4. The molecule has 0 aliphatic carbocycles. The predicted octanol–water partition coefficient (Wildman–Crippen LogP) is 4.99. The van der Waals surface area contributed by atoms with Crippen molar-refractivity contribution in [1.29, 1.82) is 0 Å². The second kappa shape index (κ2) is 11.4. The summed E-state index contributed by atoms with van der Waals surface area (Å²) < 4.78 is 46.8. The lowest BCUT2D eigenvalue weighted by atomic mass is 10.0. The lowest BCUT2D eigenvalue weighted by Crippen LogP contribution is -2.49. The zero-order chi connectivity index (χ0) is 25.5. The Kier molecular flexibility index (Phi) is 9.14. The average molecular weight is 502 g/mol. The minimum Gasteiger partial charge on any atom is -0.483 e. The number of ether oxygens (including phenoxy) is 2. The van der Waals surface area contributed by atoms with Crippen molar-refractivity contribution in [2.45, 2.75) is 58.0 Å². The van der Waals surface area contributed by atoms with Crippen molar-refractivity contribution in [2.24, 2.45) is 0 Å². The van der Waals surface area contributed by atoms with E-state index in [0.717, 1.165) is 11.8 Å². The molecule has 0 saturated carbocycles. The molecular formula is C23H27ClF3N3O4. The molecule has 7 nitrogen and oxygen atoms in total. The number of benzene rings is 1. The second-order valence-corrected chi connectivity index (χ2v) is 9.02. The Balaban J connectivity index is 2.08. The fraction of sp³-hybridized carbons (Fsp3) is 0.435. The van der Waals surface area contributed by atoms with Crippen molar-refractivity contribution < 1.29 is 32.2 Å².